The van der Waals surface area contributed by atoms with E-state index >= 15 is 0 Å². The van der Waals surface area contributed by atoms with E-state index in [1.54, 1.807) is 4.90 Å². The zero-order valence-corrected chi connectivity index (χ0v) is 10.3. The van der Waals surface area contributed by atoms with Gasteiger partial charge in [0.1, 0.15) is 5.69 Å². The molecule has 1 saturated heterocycles. The molecule has 0 atom stereocenters. The largest absolute Gasteiger partial charge is 0.377 e. The Kier molecular flexibility index (Phi) is 3.08. The number of nitro groups is 1. The van der Waals surface area contributed by atoms with E-state index in [4.69, 9.17) is 4.74 Å². The van der Waals surface area contributed by atoms with Crippen LogP contribution in [-0.2, 0) is 4.74 Å². The molecule has 1 aliphatic heterocycles. The van der Waals surface area contributed by atoms with Crippen molar-refractivity contribution in [1.82, 2.24) is 9.88 Å². The third-order valence-electron chi connectivity index (χ3n) is 3.00. The third kappa shape index (κ3) is 2.21. The molecule has 18 heavy (non-hydrogen) atoms. The zero-order valence-electron chi connectivity index (χ0n) is 10.3. The van der Waals surface area contributed by atoms with E-state index in [1.165, 1.54) is 12.3 Å². The average Bonchev–Trinajstić information content (AvgIpc) is 2.77. The Hall–Kier alpha value is -1.89. The number of H-pyrrole nitrogens is 1. The molecule has 1 fully saturated rings. The van der Waals surface area contributed by atoms with E-state index in [1.807, 2.05) is 13.8 Å². The quantitative estimate of drug-likeness (QED) is 0.633. The van der Waals surface area contributed by atoms with Crippen LogP contribution in [0, 0.1) is 10.1 Å². The first-order chi connectivity index (χ1) is 8.42. The van der Waals surface area contributed by atoms with Crippen LogP contribution >= 0.6 is 0 Å². The van der Waals surface area contributed by atoms with Gasteiger partial charge in [0.2, 0.25) is 0 Å². The number of aromatic nitrogens is 1. The van der Waals surface area contributed by atoms with Crippen LogP contribution in [0.2, 0.25) is 0 Å². The number of carbonyl (C=O) groups is 1. The monoisotopic (exact) mass is 253 g/mol. The average molecular weight is 253 g/mol. The maximum atomic E-state index is 12.3. The topological polar surface area (TPSA) is 88.5 Å². The molecule has 1 aromatic heterocycles. The minimum Gasteiger partial charge on any atom is -0.377 e. The summed E-state index contributed by atoms with van der Waals surface area (Å²) < 4.78 is 5.33. The fraction of sp³-hybridized carbons (Fsp3) is 0.545. The number of hydrogen-bond acceptors (Lipinski definition) is 4. The molecule has 1 aliphatic rings. The number of nitrogens with one attached hydrogen (secondary N) is 1. The standard InChI is InChI=1S/C11H15N3O4/c1-11(2)7-18-4-3-13(11)10(15)9-5-8(6-12-9)14(16)17/h5-6,12H,3-4,7H2,1-2H3. The third-order valence-corrected chi connectivity index (χ3v) is 3.00. The molecular weight excluding hydrogens is 238 g/mol. The highest BCUT2D eigenvalue weighted by Crippen LogP contribution is 2.22. The Bertz CT molecular complexity index is 480. The number of rotatable bonds is 2. The molecule has 0 spiro atoms. The van der Waals surface area contributed by atoms with E-state index in [-0.39, 0.29) is 17.3 Å². The van der Waals surface area contributed by atoms with Crippen molar-refractivity contribution in [3.05, 3.63) is 28.1 Å². The molecule has 0 saturated carbocycles. The molecule has 7 nitrogen and oxygen atoms in total. The number of carbonyl (C=O) groups excluding carboxylic acids is 1. The van der Waals surface area contributed by atoms with Crippen LogP contribution in [0.15, 0.2) is 12.3 Å². The molecule has 0 aromatic carbocycles. The molecule has 7 heteroatoms. The lowest BCUT2D eigenvalue weighted by Gasteiger charge is -2.41. The zero-order chi connectivity index (χ0) is 13.3. The summed E-state index contributed by atoms with van der Waals surface area (Å²) in [4.78, 5) is 26.6. The number of amides is 1. The maximum Gasteiger partial charge on any atom is 0.287 e. The van der Waals surface area contributed by atoms with Gasteiger partial charge in [0.05, 0.1) is 29.9 Å². The minimum absolute atomic E-state index is 0.107. The Labute approximate surface area is 104 Å². The van der Waals surface area contributed by atoms with E-state index in [0.29, 0.717) is 19.8 Å². The Morgan fingerprint density at radius 3 is 2.89 bits per heavy atom. The fourth-order valence-electron chi connectivity index (χ4n) is 1.99. The van der Waals surface area contributed by atoms with Gasteiger partial charge in [0.15, 0.2) is 0 Å². The van der Waals surface area contributed by atoms with Gasteiger partial charge in [0.25, 0.3) is 11.6 Å². The van der Waals surface area contributed by atoms with Crippen LogP contribution in [0.1, 0.15) is 24.3 Å². The molecule has 0 unspecified atom stereocenters. The number of aromatic amines is 1. The fourth-order valence-corrected chi connectivity index (χ4v) is 1.99. The van der Waals surface area contributed by atoms with Gasteiger partial charge >= 0.3 is 0 Å². The lowest BCUT2D eigenvalue weighted by atomic mass is 10.0. The highest BCUT2D eigenvalue weighted by molar-refractivity contribution is 5.93. The van der Waals surface area contributed by atoms with E-state index in [0.717, 1.165) is 0 Å². The molecular formula is C11H15N3O4. The van der Waals surface area contributed by atoms with Gasteiger partial charge < -0.3 is 14.6 Å². The van der Waals surface area contributed by atoms with Crippen molar-refractivity contribution >= 4 is 11.6 Å². The smallest absolute Gasteiger partial charge is 0.287 e. The van der Waals surface area contributed by atoms with Gasteiger partial charge in [-0.25, -0.2) is 0 Å². The second kappa shape index (κ2) is 4.41. The molecule has 98 valence electrons. The van der Waals surface area contributed by atoms with Gasteiger partial charge in [-0.15, -0.1) is 0 Å². The van der Waals surface area contributed by atoms with Crippen LogP contribution in [0.3, 0.4) is 0 Å². The van der Waals surface area contributed by atoms with Crippen LogP contribution < -0.4 is 0 Å². The van der Waals surface area contributed by atoms with E-state index < -0.39 is 10.5 Å². The van der Waals surface area contributed by atoms with Gasteiger partial charge in [-0.1, -0.05) is 0 Å². The number of morpholine rings is 1. The van der Waals surface area contributed by atoms with Crippen molar-refractivity contribution in [1.29, 1.82) is 0 Å². The van der Waals surface area contributed by atoms with Crippen molar-refractivity contribution < 1.29 is 14.5 Å². The van der Waals surface area contributed by atoms with Gasteiger partial charge in [0, 0.05) is 12.6 Å². The summed E-state index contributed by atoms with van der Waals surface area (Å²) in [5.41, 5.74) is -0.282. The second-order valence-electron chi connectivity index (χ2n) is 4.85. The van der Waals surface area contributed by atoms with Crippen molar-refractivity contribution in [3.63, 3.8) is 0 Å². The van der Waals surface area contributed by atoms with Crippen molar-refractivity contribution in [2.24, 2.45) is 0 Å². The predicted molar refractivity (Wildman–Crippen MR) is 63.4 cm³/mol. The summed E-state index contributed by atoms with van der Waals surface area (Å²) >= 11 is 0. The van der Waals surface area contributed by atoms with Crippen LogP contribution in [0.25, 0.3) is 0 Å². The Morgan fingerprint density at radius 1 is 1.61 bits per heavy atom. The number of nitrogens with zero attached hydrogens (tertiary/aromatic N) is 2. The molecule has 1 amide bonds. The summed E-state index contributed by atoms with van der Waals surface area (Å²) in [6.07, 6.45) is 1.22. The van der Waals surface area contributed by atoms with Crippen molar-refractivity contribution in [3.8, 4) is 0 Å². The summed E-state index contributed by atoms with van der Waals surface area (Å²) in [5.74, 6) is -0.239. The Balaban J connectivity index is 2.21. The Morgan fingerprint density at radius 2 is 2.33 bits per heavy atom. The minimum atomic E-state index is -0.530. The normalized spacial score (nSPS) is 18.7. The first-order valence-electron chi connectivity index (χ1n) is 5.64. The highest BCUT2D eigenvalue weighted by Gasteiger charge is 2.35. The molecule has 0 aliphatic carbocycles. The van der Waals surface area contributed by atoms with Crippen LogP contribution in [-0.4, -0.2) is 46.0 Å². The molecule has 1 N–H and O–H groups in total. The highest BCUT2D eigenvalue weighted by atomic mass is 16.6. The summed E-state index contributed by atoms with van der Waals surface area (Å²) in [6.45, 7) is 5.24. The van der Waals surface area contributed by atoms with E-state index in [9.17, 15) is 14.9 Å². The molecule has 2 rings (SSSR count). The van der Waals surface area contributed by atoms with Crippen LogP contribution in [0.4, 0.5) is 5.69 Å². The molecule has 1 aromatic rings. The first-order valence-corrected chi connectivity index (χ1v) is 5.64. The summed E-state index contributed by atoms with van der Waals surface area (Å²) in [7, 11) is 0. The van der Waals surface area contributed by atoms with Crippen LogP contribution in [0.5, 0.6) is 0 Å². The number of ether oxygens (including phenoxy) is 1. The SMILES string of the molecule is CC1(C)COCCN1C(=O)c1cc([N+](=O)[O-])c[nH]1. The predicted octanol–water partition coefficient (Wildman–Crippen LogP) is 1.17. The van der Waals surface area contributed by atoms with Gasteiger partial charge in [-0.3, -0.25) is 14.9 Å². The maximum absolute atomic E-state index is 12.3. The lowest BCUT2D eigenvalue weighted by Crippen LogP contribution is -2.55. The first kappa shape index (κ1) is 12.6. The van der Waals surface area contributed by atoms with Crippen molar-refractivity contribution in [2.45, 2.75) is 19.4 Å². The van der Waals surface area contributed by atoms with Gasteiger partial charge in [-0.2, -0.15) is 0 Å². The van der Waals surface area contributed by atoms with Gasteiger partial charge in [-0.05, 0) is 13.8 Å². The number of hydrogen-bond donors (Lipinski definition) is 1. The van der Waals surface area contributed by atoms with E-state index in [2.05, 4.69) is 4.98 Å². The second-order valence-corrected chi connectivity index (χ2v) is 4.85. The summed E-state index contributed by atoms with van der Waals surface area (Å²) in [5, 5.41) is 10.6. The lowest BCUT2D eigenvalue weighted by molar-refractivity contribution is -0.384. The summed E-state index contributed by atoms with van der Waals surface area (Å²) in [6, 6.07) is 1.26. The molecule has 2 heterocycles. The molecule has 0 bridgehead atoms. The molecule has 0 radical (unpaired) electrons. The van der Waals surface area contributed by atoms with Crippen molar-refractivity contribution in [2.75, 3.05) is 19.8 Å².